The van der Waals surface area contributed by atoms with Crippen LogP contribution in [0.2, 0.25) is 0 Å². The molecule has 0 N–H and O–H groups in total. The van der Waals surface area contributed by atoms with Crippen molar-refractivity contribution < 1.29 is 33.1 Å². The lowest BCUT2D eigenvalue weighted by Crippen LogP contribution is -3.00. The average molecular weight is 339 g/mol. The van der Waals surface area contributed by atoms with E-state index in [1.165, 1.54) is 11.1 Å². The molecule has 17 heavy (non-hydrogen) atoms. The second-order valence-corrected chi connectivity index (χ2v) is 3.93. The van der Waals surface area contributed by atoms with E-state index in [4.69, 9.17) is 0 Å². The van der Waals surface area contributed by atoms with E-state index in [9.17, 15) is 0 Å². The van der Waals surface area contributed by atoms with Gasteiger partial charge in [0, 0.05) is 24.3 Å². The van der Waals surface area contributed by atoms with Crippen molar-refractivity contribution in [2.75, 3.05) is 0 Å². The van der Waals surface area contributed by atoms with Crippen LogP contribution >= 0.6 is 0 Å². The van der Waals surface area contributed by atoms with Crippen LogP contribution in [0.5, 0.6) is 0 Å². The molecule has 0 saturated heterocycles. The molecule has 2 heterocycles. The molecule has 0 radical (unpaired) electrons. The van der Waals surface area contributed by atoms with Crippen LogP contribution in [0.3, 0.4) is 0 Å². The van der Waals surface area contributed by atoms with Gasteiger partial charge in [0.2, 0.25) is 0 Å². The van der Waals surface area contributed by atoms with Crippen LogP contribution in [0, 0.1) is 0 Å². The van der Waals surface area contributed by atoms with Gasteiger partial charge in [-0.05, 0) is 11.1 Å². The molecular weight excluding hydrogens is 323 g/mol. The molecule has 0 saturated carbocycles. The van der Waals surface area contributed by atoms with Crippen molar-refractivity contribution in [3.05, 3.63) is 60.2 Å². The van der Waals surface area contributed by atoms with Crippen molar-refractivity contribution in [1.82, 2.24) is 0 Å². The molecule has 0 aliphatic carbocycles. The highest BCUT2D eigenvalue weighted by atomic mass is 127. The van der Waals surface area contributed by atoms with Gasteiger partial charge in [0.1, 0.15) is 14.1 Å². The first kappa shape index (κ1) is 13.8. The lowest BCUT2D eigenvalue weighted by molar-refractivity contribution is -0.671. The third-order valence-corrected chi connectivity index (χ3v) is 2.48. The zero-order valence-electron chi connectivity index (χ0n) is 10.0. The molecule has 2 aromatic rings. The highest BCUT2D eigenvalue weighted by molar-refractivity contribution is 5.68. The van der Waals surface area contributed by atoms with Gasteiger partial charge in [0.05, 0.1) is 0 Å². The lowest BCUT2D eigenvalue weighted by Gasteiger charge is -1.92. The van der Waals surface area contributed by atoms with Crippen LogP contribution < -0.4 is 33.1 Å². The molecule has 2 aromatic heterocycles. The number of hydrogen-bond donors (Lipinski definition) is 0. The Balaban J connectivity index is 0.00000144. The largest absolute Gasteiger partial charge is 1.00 e. The topological polar surface area (TPSA) is 7.76 Å². The molecule has 0 bridgehead atoms. The highest BCUT2D eigenvalue weighted by Crippen LogP contribution is 2.04. The van der Waals surface area contributed by atoms with E-state index in [1.807, 2.05) is 48.0 Å². The maximum Gasteiger partial charge on any atom is 0.169 e. The van der Waals surface area contributed by atoms with Gasteiger partial charge in [0.15, 0.2) is 24.8 Å². The van der Waals surface area contributed by atoms with E-state index in [0.717, 1.165) is 0 Å². The number of halogens is 1. The SMILES string of the molecule is C[n+]1ccc(/C=C/c2cc[n+](C)cc2)cc1.[I-]. The maximum absolute atomic E-state index is 2.12. The molecule has 3 heteroatoms. The standard InChI is InChI=1S/C14H16N2.HI/c1-15-9-5-13(6-10-15)3-4-14-7-11-16(2)12-8-14;/h3-12H,1-2H3;1H/q+2;/p-1/b4-3+;. The molecule has 2 rings (SSSR count). The van der Waals surface area contributed by atoms with Crippen molar-refractivity contribution >= 4 is 12.2 Å². The average Bonchev–Trinajstić information content (AvgIpc) is 2.30. The fourth-order valence-electron chi connectivity index (χ4n) is 1.44. The van der Waals surface area contributed by atoms with Gasteiger partial charge in [-0.3, -0.25) is 0 Å². The number of hydrogen-bond acceptors (Lipinski definition) is 0. The van der Waals surface area contributed by atoms with E-state index in [-0.39, 0.29) is 24.0 Å². The Kier molecular flexibility index (Phi) is 5.28. The molecule has 88 valence electrons. The Morgan fingerprint density at radius 2 is 1.00 bits per heavy atom. The second-order valence-electron chi connectivity index (χ2n) is 3.93. The summed E-state index contributed by atoms with van der Waals surface area (Å²) in [6, 6.07) is 8.39. The van der Waals surface area contributed by atoms with Crippen LogP contribution in [0.1, 0.15) is 11.1 Å². The monoisotopic (exact) mass is 339 g/mol. The fourth-order valence-corrected chi connectivity index (χ4v) is 1.44. The van der Waals surface area contributed by atoms with Crippen molar-refractivity contribution in [2.45, 2.75) is 0 Å². The maximum atomic E-state index is 2.12. The number of nitrogens with zero attached hydrogens (tertiary/aromatic N) is 2. The first-order valence-electron chi connectivity index (χ1n) is 5.33. The van der Waals surface area contributed by atoms with Gasteiger partial charge in [0.25, 0.3) is 0 Å². The fraction of sp³-hybridized carbons (Fsp3) is 0.143. The Morgan fingerprint density at radius 3 is 1.29 bits per heavy atom. The zero-order chi connectivity index (χ0) is 11.4. The molecule has 0 aliphatic heterocycles. The summed E-state index contributed by atoms with van der Waals surface area (Å²) in [6.45, 7) is 0. The predicted octanol–water partition coefficient (Wildman–Crippen LogP) is -1.49. The summed E-state index contributed by atoms with van der Waals surface area (Å²) in [5.74, 6) is 0. The van der Waals surface area contributed by atoms with Crippen molar-refractivity contribution in [2.24, 2.45) is 14.1 Å². The predicted molar refractivity (Wildman–Crippen MR) is 64.2 cm³/mol. The highest BCUT2D eigenvalue weighted by Gasteiger charge is 1.93. The van der Waals surface area contributed by atoms with Crippen LogP contribution in [0.25, 0.3) is 12.2 Å². The summed E-state index contributed by atoms with van der Waals surface area (Å²) in [7, 11) is 4.04. The molecule has 0 atom stereocenters. The van der Waals surface area contributed by atoms with Gasteiger partial charge >= 0.3 is 0 Å². The first-order chi connectivity index (χ1) is 7.74. The van der Waals surface area contributed by atoms with Crippen LogP contribution in [0.4, 0.5) is 0 Å². The van der Waals surface area contributed by atoms with Crippen LogP contribution in [0.15, 0.2) is 49.1 Å². The molecule has 2 nitrogen and oxygen atoms in total. The van der Waals surface area contributed by atoms with E-state index in [1.54, 1.807) is 0 Å². The van der Waals surface area contributed by atoms with Crippen molar-refractivity contribution in [3.63, 3.8) is 0 Å². The Hall–Kier alpha value is -1.23. The summed E-state index contributed by atoms with van der Waals surface area (Å²) in [5, 5.41) is 0. The minimum atomic E-state index is 0. The Labute approximate surface area is 119 Å². The molecule has 0 fully saturated rings. The van der Waals surface area contributed by atoms with Crippen molar-refractivity contribution in [1.29, 1.82) is 0 Å². The molecule has 0 spiro atoms. The van der Waals surface area contributed by atoms with E-state index < -0.39 is 0 Å². The molecule has 0 amide bonds. The zero-order valence-corrected chi connectivity index (χ0v) is 12.2. The molecule has 0 unspecified atom stereocenters. The second kappa shape index (κ2) is 6.49. The quantitative estimate of drug-likeness (QED) is 0.465. The lowest BCUT2D eigenvalue weighted by atomic mass is 10.2. The first-order valence-corrected chi connectivity index (χ1v) is 5.33. The minimum absolute atomic E-state index is 0. The summed E-state index contributed by atoms with van der Waals surface area (Å²) in [6.07, 6.45) is 12.4. The third-order valence-electron chi connectivity index (χ3n) is 2.48. The number of aryl methyl sites for hydroxylation is 2. The van der Waals surface area contributed by atoms with E-state index >= 15 is 0 Å². The number of aromatic nitrogens is 2. The van der Waals surface area contributed by atoms with Crippen LogP contribution in [-0.2, 0) is 14.1 Å². The molecular formula is C14H16IN2+. The van der Waals surface area contributed by atoms with Gasteiger partial charge in [-0.2, -0.15) is 0 Å². The Morgan fingerprint density at radius 1 is 0.706 bits per heavy atom. The normalized spacial score (nSPS) is 10.2. The van der Waals surface area contributed by atoms with Gasteiger partial charge in [-0.15, -0.1) is 0 Å². The number of pyridine rings is 2. The Bertz CT molecular complexity index is 439. The third kappa shape index (κ3) is 4.26. The van der Waals surface area contributed by atoms with Gasteiger partial charge in [-0.1, -0.05) is 12.2 Å². The summed E-state index contributed by atoms with van der Waals surface area (Å²) >= 11 is 0. The smallest absolute Gasteiger partial charge is 0.169 e. The summed E-state index contributed by atoms with van der Waals surface area (Å²) in [5.41, 5.74) is 2.43. The van der Waals surface area contributed by atoms with Gasteiger partial charge < -0.3 is 24.0 Å². The van der Waals surface area contributed by atoms with Gasteiger partial charge in [-0.25, -0.2) is 9.13 Å². The molecule has 0 aliphatic rings. The van der Waals surface area contributed by atoms with E-state index in [2.05, 4.69) is 36.4 Å². The summed E-state index contributed by atoms with van der Waals surface area (Å²) < 4.78 is 4.06. The number of rotatable bonds is 2. The van der Waals surface area contributed by atoms with Crippen LogP contribution in [-0.4, -0.2) is 0 Å². The minimum Gasteiger partial charge on any atom is -1.00 e. The molecule has 0 aromatic carbocycles. The van der Waals surface area contributed by atoms with Crippen molar-refractivity contribution in [3.8, 4) is 0 Å². The van der Waals surface area contributed by atoms with E-state index in [0.29, 0.717) is 0 Å². The summed E-state index contributed by atoms with van der Waals surface area (Å²) in [4.78, 5) is 0.